The number of ether oxygens (including phenoxy) is 1. The van der Waals surface area contributed by atoms with Crippen molar-refractivity contribution in [2.24, 2.45) is 5.92 Å². The Bertz CT molecular complexity index is 1150. The number of nitrogens with zero attached hydrogens (tertiary/aromatic N) is 3. The topological polar surface area (TPSA) is 64.4 Å². The SMILES string of the molecule is CCOC(=O)C1CCN(C(=O)CCn2c(Cc3ccc(Cl)c(Cl)c3)nc3ccccc32)CC1. The van der Waals surface area contributed by atoms with Crippen LogP contribution in [0.4, 0.5) is 0 Å². The van der Waals surface area contributed by atoms with Crippen LogP contribution in [-0.2, 0) is 27.3 Å². The first-order valence-electron chi connectivity index (χ1n) is 11.3. The molecule has 33 heavy (non-hydrogen) atoms. The summed E-state index contributed by atoms with van der Waals surface area (Å²) in [6.45, 7) is 3.91. The highest BCUT2D eigenvalue weighted by Crippen LogP contribution is 2.25. The highest BCUT2D eigenvalue weighted by atomic mass is 35.5. The Morgan fingerprint density at radius 3 is 2.58 bits per heavy atom. The molecule has 1 aliphatic heterocycles. The molecular weight excluding hydrogens is 461 g/mol. The number of imidazole rings is 1. The van der Waals surface area contributed by atoms with E-state index in [4.69, 9.17) is 32.9 Å². The third-order valence-corrected chi connectivity index (χ3v) is 6.84. The molecule has 6 nitrogen and oxygen atoms in total. The highest BCUT2D eigenvalue weighted by molar-refractivity contribution is 6.42. The molecule has 174 valence electrons. The smallest absolute Gasteiger partial charge is 0.309 e. The fraction of sp³-hybridized carbons (Fsp3) is 0.400. The van der Waals surface area contributed by atoms with Crippen molar-refractivity contribution < 1.29 is 14.3 Å². The van der Waals surface area contributed by atoms with Crippen molar-refractivity contribution in [2.45, 2.75) is 39.2 Å². The van der Waals surface area contributed by atoms with Gasteiger partial charge in [0, 0.05) is 32.5 Å². The van der Waals surface area contributed by atoms with E-state index < -0.39 is 0 Å². The second-order valence-electron chi connectivity index (χ2n) is 8.25. The van der Waals surface area contributed by atoms with Crippen LogP contribution < -0.4 is 0 Å². The number of piperidine rings is 1. The van der Waals surface area contributed by atoms with E-state index in [2.05, 4.69) is 4.57 Å². The molecule has 1 aliphatic rings. The van der Waals surface area contributed by atoms with Gasteiger partial charge in [0.25, 0.3) is 0 Å². The minimum Gasteiger partial charge on any atom is -0.466 e. The largest absolute Gasteiger partial charge is 0.466 e. The van der Waals surface area contributed by atoms with E-state index in [9.17, 15) is 9.59 Å². The average Bonchev–Trinajstić information content (AvgIpc) is 3.17. The van der Waals surface area contributed by atoms with Gasteiger partial charge in [-0.25, -0.2) is 4.98 Å². The molecule has 0 spiro atoms. The van der Waals surface area contributed by atoms with Gasteiger partial charge in [-0.2, -0.15) is 0 Å². The van der Waals surface area contributed by atoms with Crippen molar-refractivity contribution in [1.29, 1.82) is 0 Å². The van der Waals surface area contributed by atoms with Gasteiger partial charge in [-0.1, -0.05) is 41.4 Å². The molecule has 2 heterocycles. The van der Waals surface area contributed by atoms with Crippen LogP contribution in [0.25, 0.3) is 11.0 Å². The first-order chi connectivity index (χ1) is 16.0. The van der Waals surface area contributed by atoms with Gasteiger partial charge < -0.3 is 14.2 Å². The second-order valence-corrected chi connectivity index (χ2v) is 9.07. The maximum atomic E-state index is 12.9. The molecule has 0 bridgehead atoms. The number of likely N-dealkylation sites (tertiary alicyclic amines) is 1. The fourth-order valence-corrected chi connectivity index (χ4v) is 4.65. The Hall–Kier alpha value is -2.57. The maximum absolute atomic E-state index is 12.9. The molecule has 2 aromatic carbocycles. The van der Waals surface area contributed by atoms with Crippen molar-refractivity contribution in [3.8, 4) is 0 Å². The average molecular weight is 488 g/mol. The van der Waals surface area contributed by atoms with Crippen molar-refractivity contribution in [2.75, 3.05) is 19.7 Å². The number of esters is 1. The van der Waals surface area contributed by atoms with E-state index >= 15 is 0 Å². The summed E-state index contributed by atoms with van der Waals surface area (Å²) in [7, 11) is 0. The monoisotopic (exact) mass is 487 g/mol. The molecule has 1 fully saturated rings. The van der Waals surface area contributed by atoms with Crippen molar-refractivity contribution in [3.63, 3.8) is 0 Å². The minimum absolute atomic E-state index is 0.0931. The van der Waals surface area contributed by atoms with Gasteiger partial charge in [0.2, 0.25) is 5.91 Å². The normalized spacial score (nSPS) is 14.6. The molecular formula is C25H27Cl2N3O3. The van der Waals surface area contributed by atoms with Gasteiger partial charge in [0.1, 0.15) is 5.82 Å². The summed E-state index contributed by atoms with van der Waals surface area (Å²) < 4.78 is 7.23. The van der Waals surface area contributed by atoms with Crippen LogP contribution in [-0.4, -0.2) is 46.0 Å². The predicted octanol–water partition coefficient (Wildman–Crippen LogP) is 5.13. The Morgan fingerprint density at radius 2 is 1.85 bits per heavy atom. The molecule has 0 radical (unpaired) electrons. The standard InChI is InChI=1S/C25H27Cl2N3O3/c1-2-33-25(32)18-9-12-29(13-10-18)24(31)11-14-30-22-6-4-3-5-21(22)28-23(30)16-17-7-8-19(26)20(27)15-17/h3-8,15,18H,2,9-14,16H2,1H3. The zero-order chi connectivity index (χ0) is 23.4. The molecule has 0 atom stereocenters. The van der Waals surface area contributed by atoms with E-state index in [-0.39, 0.29) is 17.8 Å². The number of amides is 1. The van der Waals surface area contributed by atoms with Crippen molar-refractivity contribution in [1.82, 2.24) is 14.5 Å². The summed E-state index contributed by atoms with van der Waals surface area (Å²) in [6, 6.07) is 13.5. The molecule has 0 unspecified atom stereocenters. The number of aryl methyl sites for hydroxylation is 1. The maximum Gasteiger partial charge on any atom is 0.309 e. The van der Waals surface area contributed by atoms with Crippen molar-refractivity contribution in [3.05, 3.63) is 63.9 Å². The van der Waals surface area contributed by atoms with Crippen LogP contribution in [0.1, 0.15) is 37.6 Å². The summed E-state index contributed by atoms with van der Waals surface area (Å²) >= 11 is 12.3. The third kappa shape index (κ3) is 5.50. The van der Waals surface area contributed by atoms with Gasteiger partial charge in [-0.15, -0.1) is 0 Å². The minimum atomic E-state index is -0.151. The molecule has 3 aromatic rings. The van der Waals surface area contributed by atoms with Crippen LogP contribution in [0.15, 0.2) is 42.5 Å². The van der Waals surface area contributed by atoms with Gasteiger partial charge in [-0.05, 0) is 49.6 Å². The summed E-state index contributed by atoms with van der Waals surface area (Å²) in [4.78, 5) is 31.5. The van der Waals surface area contributed by atoms with Crippen LogP contribution >= 0.6 is 23.2 Å². The molecule has 0 aliphatic carbocycles. The predicted molar refractivity (Wildman–Crippen MR) is 130 cm³/mol. The van der Waals surface area contributed by atoms with Crippen LogP contribution in [0.3, 0.4) is 0 Å². The third-order valence-electron chi connectivity index (χ3n) is 6.10. The molecule has 1 amide bonds. The Balaban J connectivity index is 1.45. The molecule has 0 N–H and O–H groups in total. The number of hydrogen-bond donors (Lipinski definition) is 0. The summed E-state index contributed by atoms with van der Waals surface area (Å²) in [5.41, 5.74) is 2.91. The Morgan fingerprint density at radius 1 is 1.09 bits per heavy atom. The van der Waals surface area contributed by atoms with Gasteiger partial charge in [-0.3, -0.25) is 9.59 Å². The molecule has 4 rings (SSSR count). The number of benzene rings is 2. The zero-order valence-corrected chi connectivity index (χ0v) is 20.1. The van der Waals surface area contributed by atoms with Crippen LogP contribution in [0.2, 0.25) is 10.0 Å². The van der Waals surface area contributed by atoms with E-state index in [1.165, 1.54) is 0 Å². The number of carbonyl (C=O) groups is 2. The summed E-state index contributed by atoms with van der Waals surface area (Å²) in [6.07, 6.45) is 2.27. The molecule has 1 saturated heterocycles. The lowest BCUT2D eigenvalue weighted by atomic mass is 9.97. The summed E-state index contributed by atoms with van der Waals surface area (Å²) in [5, 5.41) is 1.03. The number of fused-ring (bicyclic) bond motifs is 1. The van der Waals surface area contributed by atoms with Gasteiger partial charge >= 0.3 is 5.97 Å². The Kier molecular flexibility index (Phi) is 7.56. The lowest BCUT2D eigenvalue weighted by Gasteiger charge is -2.31. The number of aromatic nitrogens is 2. The molecule has 0 saturated carbocycles. The van der Waals surface area contributed by atoms with Crippen LogP contribution in [0.5, 0.6) is 0 Å². The van der Waals surface area contributed by atoms with Crippen LogP contribution in [0, 0.1) is 5.92 Å². The van der Waals surface area contributed by atoms with E-state index in [0.29, 0.717) is 62.0 Å². The highest BCUT2D eigenvalue weighted by Gasteiger charge is 2.28. The van der Waals surface area contributed by atoms with Gasteiger partial charge in [0.05, 0.1) is 33.6 Å². The lowest BCUT2D eigenvalue weighted by Crippen LogP contribution is -2.41. The first-order valence-corrected chi connectivity index (χ1v) is 12.0. The number of para-hydroxylation sites is 2. The molecule has 1 aromatic heterocycles. The van der Waals surface area contributed by atoms with Crippen molar-refractivity contribution >= 4 is 46.1 Å². The number of carbonyl (C=O) groups excluding carboxylic acids is 2. The van der Waals surface area contributed by atoms with E-state index in [0.717, 1.165) is 22.4 Å². The first kappa shape index (κ1) is 23.6. The zero-order valence-electron chi connectivity index (χ0n) is 18.6. The number of halogens is 2. The lowest BCUT2D eigenvalue weighted by molar-refractivity contribution is -0.151. The van der Waals surface area contributed by atoms with E-state index in [1.807, 2.05) is 48.2 Å². The summed E-state index contributed by atoms with van der Waals surface area (Å²) in [5.74, 6) is 0.713. The second kappa shape index (κ2) is 10.6. The Labute approximate surface area is 203 Å². The fourth-order valence-electron chi connectivity index (χ4n) is 4.33. The quantitative estimate of drug-likeness (QED) is 0.433. The van der Waals surface area contributed by atoms with Gasteiger partial charge in [0.15, 0.2) is 0 Å². The molecule has 8 heteroatoms. The number of rotatable bonds is 7. The van der Waals surface area contributed by atoms with E-state index in [1.54, 1.807) is 6.07 Å². The number of hydrogen-bond acceptors (Lipinski definition) is 4.